The SMILES string of the molecule is CC(=O)Nc1cccc(C(=O)NC2CCN(C)c3ccccc32)c1. The Morgan fingerprint density at radius 2 is 1.92 bits per heavy atom. The number of nitrogens with one attached hydrogen (secondary N) is 2. The van der Waals surface area contributed by atoms with Gasteiger partial charge in [-0.15, -0.1) is 0 Å². The van der Waals surface area contributed by atoms with Crippen LogP contribution in [0.2, 0.25) is 0 Å². The third kappa shape index (κ3) is 3.40. The Kier molecular flexibility index (Phi) is 4.51. The molecule has 2 aromatic carbocycles. The average molecular weight is 323 g/mol. The van der Waals surface area contributed by atoms with Crippen molar-refractivity contribution >= 4 is 23.2 Å². The normalized spacial score (nSPS) is 16.2. The van der Waals surface area contributed by atoms with Gasteiger partial charge >= 0.3 is 0 Å². The first-order valence-corrected chi connectivity index (χ1v) is 8.03. The summed E-state index contributed by atoms with van der Waals surface area (Å²) < 4.78 is 0. The molecule has 5 heteroatoms. The molecule has 0 aliphatic carbocycles. The Balaban J connectivity index is 1.78. The van der Waals surface area contributed by atoms with Gasteiger partial charge in [-0.05, 0) is 36.2 Å². The lowest BCUT2D eigenvalue weighted by Gasteiger charge is -2.33. The highest BCUT2D eigenvalue weighted by atomic mass is 16.2. The second-order valence-electron chi connectivity index (χ2n) is 6.06. The molecule has 0 saturated carbocycles. The summed E-state index contributed by atoms with van der Waals surface area (Å²) in [5.74, 6) is -0.289. The highest BCUT2D eigenvalue weighted by molar-refractivity contribution is 5.97. The van der Waals surface area contributed by atoms with E-state index < -0.39 is 0 Å². The molecule has 0 fully saturated rings. The van der Waals surface area contributed by atoms with Crippen LogP contribution < -0.4 is 15.5 Å². The van der Waals surface area contributed by atoms with Gasteiger partial charge in [-0.2, -0.15) is 0 Å². The number of amides is 2. The predicted octanol–water partition coefficient (Wildman–Crippen LogP) is 2.96. The molecule has 1 unspecified atom stereocenters. The number of carbonyl (C=O) groups excluding carboxylic acids is 2. The summed E-state index contributed by atoms with van der Waals surface area (Å²) in [7, 11) is 2.06. The van der Waals surface area contributed by atoms with Crippen molar-refractivity contribution < 1.29 is 9.59 Å². The quantitative estimate of drug-likeness (QED) is 0.913. The van der Waals surface area contributed by atoms with E-state index in [1.54, 1.807) is 24.3 Å². The van der Waals surface area contributed by atoms with E-state index in [9.17, 15) is 9.59 Å². The molecule has 0 radical (unpaired) electrons. The average Bonchev–Trinajstić information content (AvgIpc) is 2.57. The standard InChI is InChI=1S/C19H21N3O2/c1-13(23)20-15-7-5-6-14(12-15)19(24)21-17-10-11-22(2)18-9-4-3-8-16(17)18/h3-9,12,17H,10-11H2,1-2H3,(H,20,23)(H,21,24). The molecule has 1 atom stereocenters. The van der Waals surface area contributed by atoms with Gasteiger partial charge in [0.05, 0.1) is 6.04 Å². The maximum absolute atomic E-state index is 12.6. The third-order valence-corrected chi connectivity index (χ3v) is 4.23. The molecule has 1 heterocycles. The lowest BCUT2D eigenvalue weighted by atomic mass is 9.96. The first-order chi connectivity index (χ1) is 11.5. The maximum Gasteiger partial charge on any atom is 0.251 e. The van der Waals surface area contributed by atoms with Crippen LogP contribution in [0.4, 0.5) is 11.4 Å². The van der Waals surface area contributed by atoms with E-state index in [1.165, 1.54) is 6.92 Å². The lowest BCUT2D eigenvalue weighted by Crippen LogP contribution is -2.36. The van der Waals surface area contributed by atoms with Crippen LogP contribution in [0, 0.1) is 0 Å². The van der Waals surface area contributed by atoms with Gasteiger partial charge < -0.3 is 15.5 Å². The molecule has 124 valence electrons. The molecule has 1 aliphatic heterocycles. The van der Waals surface area contributed by atoms with Crippen LogP contribution in [-0.4, -0.2) is 25.4 Å². The largest absolute Gasteiger partial charge is 0.374 e. The summed E-state index contributed by atoms with van der Waals surface area (Å²) in [6.07, 6.45) is 0.866. The summed E-state index contributed by atoms with van der Waals surface area (Å²) in [6.45, 7) is 2.34. The van der Waals surface area contributed by atoms with Gasteiger partial charge in [0, 0.05) is 37.5 Å². The van der Waals surface area contributed by atoms with E-state index in [-0.39, 0.29) is 17.9 Å². The molecular weight excluding hydrogens is 302 g/mol. The van der Waals surface area contributed by atoms with Crippen LogP contribution in [0.1, 0.15) is 35.3 Å². The lowest BCUT2D eigenvalue weighted by molar-refractivity contribution is -0.114. The number of anilines is 2. The molecular formula is C19H21N3O2. The number of rotatable bonds is 3. The molecule has 0 saturated heterocycles. The summed E-state index contributed by atoms with van der Waals surface area (Å²) in [4.78, 5) is 26.0. The van der Waals surface area contributed by atoms with Gasteiger partial charge in [0.25, 0.3) is 5.91 Å². The number of hydrogen-bond donors (Lipinski definition) is 2. The van der Waals surface area contributed by atoms with Crippen molar-refractivity contribution in [1.82, 2.24) is 5.32 Å². The fraction of sp³-hybridized carbons (Fsp3) is 0.263. The van der Waals surface area contributed by atoms with Crippen LogP contribution >= 0.6 is 0 Å². The van der Waals surface area contributed by atoms with E-state index >= 15 is 0 Å². The fourth-order valence-corrected chi connectivity index (χ4v) is 3.06. The van der Waals surface area contributed by atoms with Crippen molar-refractivity contribution in [3.8, 4) is 0 Å². The van der Waals surface area contributed by atoms with E-state index in [1.807, 2.05) is 12.1 Å². The van der Waals surface area contributed by atoms with Crippen LogP contribution in [0.3, 0.4) is 0 Å². The Labute approximate surface area is 141 Å². The zero-order valence-electron chi connectivity index (χ0n) is 13.9. The van der Waals surface area contributed by atoms with Crippen LogP contribution in [0.15, 0.2) is 48.5 Å². The van der Waals surface area contributed by atoms with Gasteiger partial charge in [-0.3, -0.25) is 9.59 Å². The van der Waals surface area contributed by atoms with Crippen molar-refractivity contribution in [1.29, 1.82) is 0 Å². The second-order valence-corrected chi connectivity index (χ2v) is 6.06. The van der Waals surface area contributed by atoms with Crippen molar-refractivity contribution in [2.75, 3.05) is 23.8 Å². The zero-order valence-corrected chi connectivity index (χ0v) is 13.9. The molecule has 1 aliphatic rings. The van der Waals surface area contributed by atoms with E-state index in [4.69, 9.17) is 0 Å². The number of para-hydroxylation sites is 1. The Bertz CT molecular complexity index is 773. The number of nitrogens with zero attached hydrogens (tertiary/aromatic N) is 1. The van der Waals surface area contributed by atoms with E-state index in [2.05, 4.69) is 34.7 Å². The summed E-state index contributed by atoms with van der Waals surface area (Å²) in [5, 5.41) is 5.81. The van der Waals surface area contributed by atoms with E-state index in [0.29, 0.717) is 11.3 Å². The van der Waals surface area contributed by atoms with Gasteiger partial charge in [0.15, 0.2) is 0 Å². The number of hydrogen-bond acceptors (Lipinski definition) is 3. The first kappa shape index (κ1) is 16.1. The minimum absolute atomic E-state index is 0.00526. The first-order valence-electron chi connectivity index (χ1n) is 8.03. The monoisotopic (exact) mass is 323 g/mol. The number of carbonyl (C=O) groups is 2. The van der Waals surface area contributed by atoms with Crippen LogP contribution in [0.25, 0.3) is 0 Å². The van der Waals surface area contributed by atoms with Gasteiger partial charge in [0.2, 0.25) is 5.91 Å². The smallest absolute Gasteiger partial charge is 0.251 e. The molecule has 5 nitrogen and oxygen atoms in total. The summed E-state index contributed by atoms with van der Waals surface area (Å²) in [6, 6.07) is 15.1. The van der Waals surface area contributed by atoms with Crippen molar-refractivity contribution in [3.63, 3.8) is 0 Å². The molecule has 3 rings (SSSR count). The van der Waals surface area contributed by atoms with Gasteiger partial charge in [-0.25, -0.2) is 0 Å². The molecule has 2 N–H and O–H groups in total. The molecule has 0 aromatic heterocycles. The van der Waals surface area contributed by atoms with Crippen molar-refractivity contribution in [2.24, 2.45) is 0 Å². The van der Waals surface area contributed by atoms with Gasteiger partial charge in [-0.1, -0.05) is 24.3 Å². The van der Waals surface area contributed by atoms with Crippen molar-refractivity contribution in [3.05, 3.63) is 59.7 Å². The van der Waals surface area contributed by atoms with Crippen LogP contribution in [0.5, 0.6) is 0 Å². The molecule has 0 spiro atoms. The van der Waals surface area contributed by atoms with Crippen LogP contribution in [-0.2, 0) is 4.79 Å². The molecule has 2 aromatic rings. The Morgan fingerprint density at radius 3 is 2.71 bits per heavy atom. The summed E-state index contributed by atoms with van der Waals surface area (Å²) >= 11 is 0. The van der Waals surface area contributed by atoms with Gasteiger partial charge in [0.1, 0.15) is 0 Å². The predicted molar refractivity (Wildman–Crippen MR) is 95.3 cm³/mol. The molecule has 24 heavy (non-hydrogen) atoms. The molecule has 2 amide bonds. The molecule has 0 bridgehead atoms. The fourth-order valence-electron chi connectivity index (χ4n) is 3.06. The zero-order chi connectivity index (χ0) is 17.1. The Hall–Kier alpha value is -2.82. The minimum Gasteiger partial charge on any atom is -0.374 e. The van der Waals surface area contributed by atoms with Crippen molar-refractivity contribution in [2.45, 2.75) is 19.4 Å². The summed E-state index contributed by atoms with van der Waals surface area (Å²) in [5.41, 5.74) is 3.45. The van der Waals surface area contributed by atoms with E-state index in [0.717, 1.165) is 24.2 Å². The third-order valence-electron chi connectivity index (χ3n) is 4.23. The Morgan fingerprint density at radius 1 is 1.12 bits per heavy atom. The number of benzene rings is 2. The highest BCUT2D eigenvalue weighted by Crippen LogP contribution is 2.32. The maximum atomic E-state index is 12.6. The highest BCUT2D eigenvalue weighted by Gasteiger charge is 2.24. The minimum atomic E-state index is -0.156. The topological polar surface area (TPSA) is 61.4 Å². The number of fused-ring (bicyclic) bond motifs is 1. The second kappa shape index (κ2) is 6.74.